The zero-order chi connectivity index (χ0) is 25.0. The summed E-state index contributed by atoms with van der Waals surface area (Å²) in [4.78, 5) is 26.6. The van der Waals surface area contributed by atoms with Crippen molar-refractivity contribution in [2.24, 2.45) is 0 Å². The highest BCUT2D eigenvalue weighted by atomic mass is 32.2. The predicted octanol–water partition coefficient (Wildman–Crippen LogP) is 6.45. The minimum atomic E-state index is -2.85. The third-order valence-corrected chi connectivity index (χ3v) is 9.86. The Bertz CT molecular complexity index is 499. The first-order chi connectivity index (χ1) is 15.9. The van der Waals surface area contributed by atoms with Crippen molar-refractivity contribution in [3.05, 3.63) is 0 Å². The van der Waals surface area contributed by atoms with Gasteiger partial charge in [-0.05, 0) is 46.7 Å². The third kappa shape index (κ3) is 15.4. The van der Waals surface area contributed by atoms with Crippen LogP contribution in [-0.4, -0.2) is 62.9 Å². The first-order valence-electron chi connectivity index (χ1n) is 13.3. The molecule has 1 atom stereocenters. The molecule has 0 spiro atoms. The minimum absolute atomic E-state index is 0.0905. The van der Waals surface area contributed by atoms with Gasteiger partial charge >= 0.3 is 8.80 Å². The van der Waals surface area contributed by atoms with Gasteiger partial charge in [0.25, 0.3) is 5.12 Å². The van der Waals surface area contributed by atoms with Crippen molar-refractivity contribution in [3.8, 4) is 0 Å². The van der Waals surface area contributed by atoms with E-state index in [1.807, 2.05) is 20.8 Å². The quantitative estimate of drug-likeness (QED) is 0.0684. The predicted molar refractivity (Wildman–Crippen MR) is 142 cm³/mol. The summed E-state index contributed by atoms with van der Waals surface area (Å²) in [5, 5.41) is -0.310. The summed E-state index contributed by atoms with van der Waals surface area (Å²) in [7, 11) is -2.85. The SMILES string of the molecule is CCCCCCCCCCC(=O)C(=O)SCCC[Si](OCC)(OCC)OC(C)N(CC)CC. The largest absolute Gasteiger partial charge is 0.502 e. The van der Waals surface area contributed by atoms with Gasteiger partial charge in [0.15, 0.2) is 0 Å². The van der Waals surface area contributed by atoms with Gasteiger partial charge in [0.2, 0.25) is 5.78 Å². The summed E-state index contributed by atoms with van der Waals surface area (Å²) in [5.41, 5.74) is 0. The maximum Gasteiger partial charge on any atom is 0.502 e. The lowest BCUT2D eigenvalue weighted by Gasteiger charge is -2.35. The summed E-state index contributed by atoms with van der Waals surface area (Å²) >= 11 is 1.13. The molecule has 0 N–H and O–H groups in total. The first kappa shape index (κ1) is 32.7. The Kier molecular flexibility index (Phi) is 20.9. The topological polar surface area (TPSA) is 65.1 Å². The zero-order valence-corrected chi connectivity index (χ0v) is 24.1. The highest BCUT2D eigenvalue weighted by Crippen LogP contribution is 2.23. The van der Waals surface area contributed by atoms with Crippen molar-refractivity contribution in [2.45, 2.75) is 118 Å². The van der Waals surface area contributed by atoms with E-state index in [4.69, 9.17) is 13.3 Å². The zero-order valence-electron chi connectivity index (χ0n) is 22.3. The lowest BCUT2D eigenvalue weighted by molar-refractivity contribution is -0.131. The molecule has 0 fully saturated rings. The number of carbonyl (C=O) groups is 2. The van der Waals surface area contributed by atoms with Crippen LogP contribution in [0.25, 0.3) is 0 Å². The number of rotatable bonds is 23. The maximum atomic E-state index is 12.2. The summed E-state index contributed by atoms with van der Waals surface area (Å²) < 4.78 is 18.5. The maximum absolute atomic E-state index is 12.2. The standard InChI is InChI=1S/C25H51NO5SSi/c1-7-12-13-14-15-16-17-18-20-24(27)25(28)32-21-19-22-33(29-10-4,30-11-5)31-23(6)26(8-2)9-3/h23H,7-22H2,1-6H3. The second-order valence-corrected chi connectivity index (χ2v) is 12.1. The third-order valence-electron chi connectivity index (χ3n) is 5.75. The Balaban J connectivity index is 4.38. The van der Waals surface area contributed by atoms with E-state index in [0.29, 0.717) is 31.4 Å². The van der Waals surface area contributed by atoms with Gasteiger partial charge in [0.1, 0.15) is 6.23 Å². The van der Waals surface area contributed by atoms with Crippen LogP contribution in [0.4, 0.5) is 0 Å². The number of thioether (sulfide) groups is 1. The van der Waals surface area contributed by atoms with E-state index in [1.54, 1.807) is 0 Å². The molecule has 8 heteroatoms. The van der Waals surface area contributed by atoms with E-state index < -0.39 is 8.80 Å². The van der Waals surface area contributed by atoms with Crippen LogP contribution in [-0.2, 0) is 22.9 Å². The molecule has 33 heavy (non-hydrogen) atoms. The molecule has 1 unspecified atom stereocenters. The van der Waals surface area contributed by atoms with Gasteiger partial charge < -0.3 is 13.3 Å². The summed E-state index contributed by atoms with van der Waals surface area (Å²) in [5.74, 6) is 0.343. The molecule has 0 aliphatic heterocycles. The molecule has 6 nitrogen and oxygen atoms in total. The lowest BCUT2D eigenvalue weighted by atomic mass is 10.1. The monoisotopic (exact) mass is 505 g/mol. The van der Waals surface area contributed by atoms with Crippen LogP contribution in [0.2, 0.25) is 6.04 Å². The number of hydrogen-bond acceptors (Lipinski definition) is 7. The Morgan fingerprint density at radius 3 is 1.88 bits per heavy atom. The first-order valence-corrected chi connectivity index (χ1v) is 16.2. The highest BCUT2D eigenvalue weighted by Gasteiger charge is 2.42. The van der Waals surface area contributed by atoms with Gasteiger partial charge in [0, 0.05) is 31.4 Å². The fraction of sp³-hybridized carbons (Fsp3) is 0.920. The van der Waals surface area contributed by atoms with Crippen molar-refractivity contribution in [1.29, 1.82) is 0 Å². The van der Waals surface area contributed by atoms with Crippen molar-refractivity contribution < 1.29 is 22.9 Å². The van der Waals surface area contributed by atoms with E-state index in [-0.39, 0.29) is 17.1 Å². The fourth-order valence-corrected chi connectivity index (χ4v) is 7.66. The molecule has 0 saturated heterocycles. The van der Waals surface area contributed by atoms with Crippen LogP contribution in [0.15, 0.2) is 0 Å². The Morgan fingerprint density at radius 2 is 1.36 bits per heavy atom. The molecule has 0 radical (unpaired) electrons. The summed E-state index contributed by atoms with van der Waals surface area (Å²) in [6, 6.07) is 0.646. The van der Waals surface area contributed by atoms with Crippen LogP contribution in [0, 0.1) is 0 Å². The van der Waals surface area contributed by atoms with Gasteiger partial charge in [-0.25, -0.2) is 0 Å². The van der Waals surface area contributed by atoms with Crippen molar-refractivity contribution in [2.75, 3.05) is 32.1 Å². The Morgan fingerprint density at radius 1 is 0.818 bits per heavy atom. The van der Waals surface area contributed by atoms with E-state index in [1.165, 1.54) is 32.1 Å². The Labute approximate surface area is 209 Å². The molecule has 0 amide bonds. The molecule has 0 saturated carbocycles. The van der Waals surface area contributed by atoms with Crippen molar-refractivity contribution in [1.82, 2.24) is 4.90 Å². The van der Waals surface area contributed by atoms with Crippen LogP contribution in [0.1, 0.15) is 106 Å². The average Bonchev–Trinajstić information content (AvgIpc) is 2.79. The van der Waals surface area contributed by atoms with Gasteiger partial charge in [-0.2, -0.15) is 0 Å². The second kappa shape index (κ2) is 21.1. The average molecular weight is 506 g/mol. The van der Waals surface area contributed by atoms with E-state index >= 15 is 0 Å². The molecule has 196 valence electrons. The molecular formula is C25H51NO5SSi. The van der Waals surface area contributed by atoms with Crippen LogP contribution in [0.5, 0.6) is 0 Å². The number of unbranched alkanes of at least 4 members (excludes halogenated alkanes) is 7. The number of carbonyl (C=O) groups excluding carboxylic acids is 2. The Hall–Kier alpha value is -0.253. The molecule has 0 bridgehead atoms. The number of nitrogens with zero attached hydrogens (tertiary/aromatic N) is 1. The number of hydrogen-bond donors (Lipinski definition) is 0. The van der Waals surface area contributed by atoms with Crippen molar-refractivity contribution >= 4 is 31.5 Å². The van der Waals surface area contributed by atoms with Crippen LogP contribution in [0.3, 0.4) is 0 Å². The normalized spacial score (nSPS) is 12.9. The second-order valence-electron chi connectivity index (χ2n) is 8.37. The highest BCUT2D eigenvalue weighted by molar-refractivity contribution is 8.15. The van der Waals surface area contributed by atoms with Gasteiger partial charge in [-0.1, -0.05) is 77.5 Å². The molecule has 0 aliphatic rings. The molecule has 0 aromatic carbocycles. The summed E-state index contributed by atoms with van der Waals surface area (Å²) in [6.07, 6.45) is 10.4. The molecule has 0 aliphatic carbocycles. The fourth-order valence-electron chi connectivity index (χ4n) is 3.88. The molecular weight excluding hydrogens is 454 g/mol. The number of Topliss-reactive ketones (excluding diaryl/α,β-unsaturated/α-hetero) is 1. The van der Waals surface area contributed by atoms with E-state index in [9.17, 15) is 9.59 Å². The van der Waals surface area contributed by atoms with Crippen molar-refractivity contribution in [3.63, 3.8) is 0 Å². The van der Waals surface area contributed by atoms with Gasteiger partial charge in [-0.3, -0.25) is 14.5 Å². The molecule has 0 aromatic rings. The van der Waals surface area contributed by atoms with E-state index in [0.717, 1.165) is 50.5 Å². The van der Waals surface area contributed by atoms with Gasteiger partial charge in [-0.15, -0.1) is 0 Å². The minimum Gasteiger partial charge on any atom is -0.374 e. The van der Waals surface area contributed by atoms with E-state index in [2.05, 4.69) is 25.7 Å². The summed E-state index contributed by atoms with van der Waals surface area (Å²) in [6.45, 7) is 15.2. The molecule has 0 heterocycles. The van der Waals surface area contributed by atoms with Crippen LogP contribution < -0.4 is 0 Å². The molecule has 0 aromatic heterocycles. The number of ketones is 1. The van der Waals surface area contributed by atoms with Gasteiger partial charge in [0.05, 0.1) is 0 Å². The lowest BCUT2D eigenvalue weighted by Crippen LogP contribution is -2.51. The molecule has 0 rings (SSSR count). The van der Waals surface area contributed by atoms with Crippen LogP contribution >= 0.6 is 11.8 Å². The smallest absolute Gasteiger partial charge is 0.374 e.